The lowest BCUT2D eigenvalue weighted by Crippen LogP contribution is -2.58. The molecule has 3 N–H and O–H groups in total. The Bertz CT molecular complexity index is 214. The molecule has 3 unspecified atom stereocenters. The van der Waals surface area contributed by atoms with Crippen molar-refractivity contribution >= 4 is 5.97 Å². The fraction of sp³-hybridized carbons (Fsp3) is 0.875. The van der Waals surface area contributed by atoms with Crippen LogP contribution in [-0.2, 0) is 14.3 Å². The van der Waals surface area contributed by atoms with Crippen LogP contribution >= 0.6 is 0 Å². The molecule has 0 saturated carbocycles. The van der Waals surface area contributed by atoms with Crippen molar-refractivity contribution in [1.82, 2.24) is 0 Å². The van der Waals surface area contributed by atoms with E-state index in [9.17, 15) is 15.0 Å². The second-order valence-electron chi connectivity index (χ2n) is 3.42. The first-order valence-electron chi connectivity index (χ1n) is 4.21. The van der Waals surface area contributed by atoms with Crippen LogP contribution in [0.1, 0.15) is 0 Å². The Kier molecular flexibility index (Phi) is 3.43. The van der Waals surface area contributed by atoms with E-state index in [0.717, 1.165) is 0 Å². The zero-order valence-electron chi connectivity index (χ0n) is 7.84. The van der Waals surface area contributed by atoms with Gasteiger partial charge >= 0.3 is 5.97 Å². The summed E-state index contributed by atoms with van der Waals surface area (Å²) in [5, 5.41) is 27.9. The molecule has 0 aromatic carbocycles. The molecule has 6 heteroatoms. The van der Waals surface area contributed by atoms with Crippen molar-refractivity contribution in [1.29, 1.82) is 0 Å². The highest BCUT2D eigenvalue weighted by Crippen LogP contribution is 2.30. The van der Waals surface area contributed by atoms with Gasteiger partial charge in [0.2, 0.25) is 0 Å². The Hall–Kier alpha value is -0.690. The van der Waals surface area contributed by atoms with E-state index in [0.29, 0.717) is 0 Å². The number of carboxylic acid groups (broad SMARTS) is 1. The molecule has 0 aromatic heterocycles. The molecule has 1 heterocycles. The maximum Gasteiger partial charge on any atom is 0.317 e. The van der Waals surface area contributed by atoms with Crippen molar-refractivity contribution in [3.05, 3.63) is 0 Å². The summed E-state index contributed by atoms with van der Waals surface area (Å²) >= 11 is 0. The maximum absolute atomic E-state index is 11.0. The topological polar surface area (TPSA) is 96.2 Å². The van der Waals surface area contributed by atoms with Gasteiger partial charge in [-0.2, -0.15) is 0 Å². The lowest BCUT2D eigenvalue weighted by Gasteiger charge is -2.39. The molecule has 3 atom stereocenters. The summed E-state index contributed by atoms with van der Waals surface area (Å²) in [6, 6.07) is 0. The van der Waals surface area contributed by atoms with Gasteiger partial charge in [0.1, 0.15) is 17.6 Å². The molecular formula is C8H14O6. The van der Waals surface area contributed by atoms with Crippen molar-refractivity contribution in [2.24, 2.45) is 5.41 Å². The van der Waals surface area contributed by atoms with E-state index in [-0.39, 0.29) is 19.8 Å². The van der Waals surface area contributed by atoms with Gasteiger partial charge in [-0.1, -0.05) is 0 Å². The van der Waals surface area contributed by atoms with Crippen LogP contribution in [0.3, 0.4) is 0 Å². The minimum atomic E-state index is -1.56. The standard InChI is InChI=1S/C8H14O6/c1-13-3-8(7(11)12)4-14-2-5(9)6(8)10/h5-6,9-10H,2-4H2,1H3,(H,11,12). The maximum atomic E-state index is 11.0. The highest BCUT2D eigenvalue weighted by molar-refractivity contribution is 5.76. The molecule has 0 bridgehead atoms. The molecule has 1 rings (SSSR count). The largest absolute Gasteiger partial charge is 0.481 e. The molecule has 0 radical (unpaired) electrons. The molecule has 14 heavy (non-hydrogen) atoms. The third kappa shape index (κ3) is 1.74. The van der Waals surface area contributed by atoms with Gasteiger partial charge in [0.25, 0.3) is 0 Å². The molecule has 0 amide bonds. The Balaban J connectivity index is 2.88. The summed E-state index contributed by atoms with van der Waals surface area (Å²) in [5.74, 6) is -1.23. The first-order chi connectivity index (χ1) is 6.54. The highest BCUT2D eigenvalue weighted by Gasteiger charge is 2.51. The van der Waals surface area contributed by atoms with Crippen LogP contribution in [0.5, 0.6) is 0 Å². The van der Waals surface area contributed by atoms with E-state index in [1.54, 1.807) is 0 Å². The van der Waals surface area contributed by atoms with Crippen molar-refractivity contribution in [3.8, 4) is 0 Å². The summed E-state index contributed by atoms with van der Waals surface area (Å²) in [6.07, 6.45) is -2.55. The fourth-order valence-corrected chi connectivity index (χ4v) is 1.54. The van der Waals surface area contributed by atoms with Crippen LogP contribution in [0.4, 0.5) is 0 Å². The fourth-order valence-electron chi connectivity index (χ4n) is 1.54. The predicted molar refractivity (Wildman–Crippen MR) is 44.8 cm³/mol. The van der Waals surface area contributed by atoms with Crippen LogP contribution in [0.15, 0.2) is 0 Å². The number of carboxylic acids is 1. The van der Waals surface area contributed by atoms with Gasteiger partial charge in [-0.3, -0.25) is 4.79 Å². The summed E-state index contributed by atoms with van der Waals surface area (Å²) in [4.78, 5) is 11.0. The number of aliphatic hydroxyl groups is 2. The second-order valence-corrected chi connectivity index (χ2v) is 3.42. The van der Waals surface area contributed by atoms with E-state index in [1.165, 1.54) is 7.11 Å². The van der Waals surface area contributed by atoms with E-state index < -0.39 is 23.6 Å². The SMILES string of the molecule is COCC1(C(=O)O)COCC(O)C1O. The summed E-state index contributed by atoms with van der Waals surface area (Å²) < 4.78 is 9.64. The Morgan fingerprint density at radius 3 is 2.79 bits per heavy atom. The zero-order valence-corrected chi connectivity index (χ0v) is 7.84. The van der Waals surface area contributed by atoms with Crippen LogP contribution < -0.4 is 0 Å². The molecule has 1 fully saturated rings. The lowest BCUT2D eigenvalue weighted by molar-refractivity contribution is -0.203. The quantitative estimate of drug-likeness (QED) is 0.517. The molecule has 82 valence electrons. The van der Waals surface area contributed by atoms with Crippen LogP contribution in [0.25, 0.3) is 0 Å². The van der Waals surface area contributed by atoms with Gasteiger partial charge in [0, 0.05) is 7.11 Å². The molecular weight excluding hydrogens is 192 g/mol. The average Bonchev–Trinajstić information content (AvgIpc) is 2.13. The van der Waals surface area contributed by atoms with E-state index in [1.807, 2.05) is 0 Å². The van der Waals surface area contributed by atoms with Gasteiger partial charge in [-0.05, 0) is 0 Å². The van der Waals surface area contributed by atoms with Crippen molar-refractivity contribution in [3.63, 3.8) is 0 Å². The second kappa shape index (κ2) is 4.22. The van der Waals surface area contributed by atoms with Gasteiger partial charge in [-0.25, -0.2) is 0 Å². The van der Waals surface area contributed by atoms with Crippen molar-refractivity contribution in [2.45, 2.75) is 12.2 Å². The zero-order chi connectivity index (χ0) is 10.8. The summed E-state index contributed by atoms with van der Waals surface area (Å²) in [7, 11) is 1.33. The molecule has 0 spiro atoms. The van der Waals surface area contributed by atoms with Crippen molar-refractivity contribution < 1.29 is 29.6 Å². The van der Waals surface area contributed by atoms with Crippen molar-refractivity contribution in [2.75, 3.05) is 26.9 Å². The normalized spacial score (nSPS) is 38.2. The smallest absolute Gasteiger partial charge is 0.317 e. The Labute approximate surface area is 81.1 Å². The van der Waals surface area contributed by atoms with E-state index in [2.05, 4.69) is 0 Å². The first kappa shape index (κ1) is 11.4. The first-order valence-corrected chi connectivity index (χ1v) is 4.21. The third-order valence-electron chi connectivity index (χ3n) is 2.41. The van der Waals surface area contributed by atoms with Gasteiger partial charge < -0.3 is 24.8 Å². The van der Waals surface area contributed by atoms with Gasteiger partial charge in [-0.15, -0.1) is 0 Å². The number of aliphatic hydroxyl groups excluding tert-OH is 2. The minimum Gasteiger partial charge on any atom is -0.481 e. The monoisotopic (exact) mass is 206 g/mol. The Morgan fingerprint density at radius 1 is 1.64 bits per heavy atom. The lowest BCUT2D eigenvalue weighted by atomic mass is 9.79. The average molecular weight is 206 g/mol. The minimum absolute atomic E-state index is 0.0556. The number of rotatable bonds is 3. The molecule has 6 nitrogen and oxygen atoms in total. The molecule has 1 aliphatic rings. The van der Waals surface area contributed by atoms with Gasteiger partial charge in [0.05, 0.1) is 19.8 Å². The van der Waals surface area contributed by atoms with E-state index >= 15 is 0 Å². The predicted octanol–water partition coefficient (Wildman–Crippen LogP) is -1.54. The number of hydrogen-bond acceptors (Lipinski definition) is 5. The summed E-state index contributed by atoms with van der Waals surface area (Å²) in [6.45, 7) is -0.408. The number of methoxy groups -OCH3 is 1. The molecule has 1 aliphatic heterocycles. The van der Waals surface area contributed by atoms with Crippen LogP contribution in [-0.4, -0.2) is 60.4 Å². The van der Waals surface area contributed by atoms with Gasteiger partial charge in [0.15, 0.2) is 0 Å². The van der Waals surface area contributed by atoms with Crippen LogP contribution in [0.2, 0.25) is 0 Å². The number of carbonyl (C=O) groups is 1. The van der Waals surface area contributed by atoms with E-state index in [4.69, 9.17) is 14.6 Å². The number of hydrogen-bond donors (Lipinski definition) is 3. The molecule has 1 saturated heterocycles. The Morgan fingerprint density at radius 2 is 2.29 bits per heavy atom. The van der Waals surface area contributed by atoms with Crippen LogP contribution in [0, 0.1) is 5.41 Å². The highest BCUT2D eigenvalue weighted by atomic mass is 16.5. The number of aliphatic carboxylic acids is 1. The summed E-state index contributed by atoms with van der Waals surface area (Å²) in [5.41, 5.74) is -1.56. The molecule has 0 aliphatic carbocycles. The third-order valence-corrected chi connectivity index (χ3v) is 2.41. The number of ether oxygens (including phenoxy) is 2. The molecule has 0 aromatic rings.